The highest BCUT2D eigenvalue weighted by Crippen LogP contribution is 2.28. The second-order valence-corrected chi connectivity index (χ2v) is 7.29. The molecule has 1 heterocycles. The van der Waals surface area contributed by atoms with Crippen LogP contribution in [0.15, 0.2) is 65.9 Å². The third-order valence-electron chi connectivity index (χ3n) is 5.50. The second kappa shape index (κ2) is 9.36. The zero-order valence-electron chi connectivity index (χ0n) is 16.8. The number of fused-ring (bicyclic) bond motifs is 2. The Hall–Kier alpha value is -3.10. The molecule has 3 aromatic rings. The zero-order chi connectivity index (χ0) is 22.7. The van der Waals surface area contributed by atoms with Crippen LogP contribution in [0, 0.1) is 0 Å². The minimum atomic E-state index is -1.25. The van der Waals surface area contributed by atoms with Crippen molar-refractivity contribution in [2.45, 2.75) is 25.4 Å². The number of H-pyrrole nitrogens is 1. The number of aromatic amines is 1. The third kappa shape index (κ3) is 4.08. The Bertz CT molecular complexity index is 1200. The standard InChI is InChI=1S/C23H21N3O3.ClHO/c1-12-19(22(28)16-8-3-2-7-15(16)21(12)27)20(25)23(29)17(24)10-13-11-26-18-9-5-4-6-14(13)18;1-2/h2-9,11,17,20,26H,10,24-25H2,1H3;2H/t17-,20?;/m1./s1. The Balaban J connectivity index is 0.00000132. The van der Waals surface area contributed by atoms with Crippen molar-refractivity contribution in [3.05, 3.63) is 82.6 Å². The van der Waals surface area contributed by atoms with E-state index in [2.05, 4.69) is 16.9 Å². The predicted octanol–water partition coefficient (Wildman–Crippen LogP) is 2.46. The smallest absolute Gasteiger partial charge is 0.192 e. The first-order valence-corrected chi connectivity index (χ1v) is 9.90. The number of nitrogens with one attached hydrogen (secondary N) is 1. The minimum Gasteiger partial charge on any atom is -0.361 e. The summed E-state index contributed by atoms with van der Waals surface area (Å²) in [6, 6.07) is 12.1. The van der Waals surface area contributed by atoms with Crippen LogP contribution in [0.25, 0.3) is 10.9 Å². The number of benzene rings is 2. The quantitative estimate of drug-likeness (QED) is 0.481. The maximum absolute atomic E-state index is 13.0. The lowest BCUT2D eigenvalue weighted by molar-refractivity contribution is -0.120. The fourth-order valence-electron chi connectivity index (χ4n) is 3.90. The molecular weight excluding hydrogens is 418 g/mol. The second-order valence-electron chi connectivity index (χ2n) is 7.29. The van der Waals surface area contributed by atoms with Gasteiger partial charge in [-0.1, -0.05) is 42.5 Å². The van der Waals surface area contributed by atoms with Crippen LogP contribution in [-0.4, -0.2) is 39.1 Å². The van der Waals surface area contributed by atoms with E-state index in [-0.39, 0.29) is 28.9 Å². The maximum atomic E-state index is 13.0. The lowest BCUT2D eigenvalue weighted by atomic mass is 9.80. The number of para-hydroxylation sites is 1. The van der Waals surface area contributed by atoms with Gasteiger partial charge in [0.25, 0.3) is 0 Å². The lowest BCUT2D eigenvalue weighted by Crippen LogP contribution is -2.48. The molecule has 0 amide bonds. The number of allylic oxidation sites excluding steroid dienone is 1. The van der Waals surface area contributed by atoms with Gasteiger partial charge in [0, 0.05) is 39.4 Å². The molecule has 7 nitrogen and oxygen atoms in total. The summed E-state index contributed by atoms with van der Waals surface area (Å²) in [7, 11) is 0. The summed E-state index contributed by atoms with van der Waals surface area (Å²) in [6.07, 6.45) is 2.10. The van der Waals surface area contributed by atoms with E-state index in [4.69, 9.17) is 16.1 Å². The van der Waals surface area contributed by atoms with E-state index in [1.165, 1.54) is 6.92 Å². The summed E-state index contributed by atoms with van der Waals surface area (Å²) >= 11 is 3.64. The van der Waals surface area contributed by atoms with E-state index < -0.39 is 23.7 Å². The Kier molecular flexibility index (Phi) is 6.82. The first kappa shape index (κ1) is 22.6. The molecule has 1 aromatic heterocycles. The molecule has 0 saturated carbocycles. The molecule has 0 bridgehead atoms. The molecular formula is C23H22ClN3O4. The average molecular weight is 440 g/mol. The Labute approximate surface area is 183 Å². The van der Waals surface area contributed by atoms with E-state index in [1.54, 1.807) is 24.3 Å². The summed E-state index contributed by atoms with van der Waals surface area (Å²) in [5.41, 5.74) is 15.0. The number of carbonyl (C=O) groups is 3. The van der Waals surface area contributed by atoms with Gasteiger partial charge in [-0.25, -0.2) is 0 Å². The predicted molar refractivity (Wildman–Crippen MR) is 119 cm³/mol. The van der Waals surface area contributed by atoms with Gasteiger partial charge in [0.05, 0.1) is 23.9 Å². The number of carbonyl (C=O) groups excluding carboxylic acids is 3. The molecule has 31 heavy (non-hydrogen) atoms. The van der Waals surface area contributed by atoms with E-state index >= 15 is 0 Å². The molecule has 1 aliphatic rings. The summed E-state index contributed by atoms with van der Waals surface area (Å²) in [4.78, 5) is 41.7. The summed E-state index contributed by atoms with van der Waals surface area (Å²) in [5, 5.41) is 0.984. The highest BCUT2D eigenvalue weighted by Gasteiger charge is 2.36. The molecule has 1 aliphatic carbocycles. The average Bonchev–Trinajstić information content (AvgIpc) is 3.21. The van der Waals surface area contributed by atoms with Crippen molar-refractivity contribution in [3.63, 3.8) is 0 Å². The number of rotatable bonds is 5. The molecule has 2 atom stereocenters. The number of hydrogen-bond acceptors (Lipinski definition) is 6. The topological polar surface area (TPSA) is 139 Å². The fourth-order valence-corrected chi connectivity index (χ4v) is 3.90. The van der Waals surface area contributed by atoms with Crippen molar-refractivity contribution in [1.29, 1.82) is 0 Å². The van der Waals surface area contributed by atoms with E-state index in [1.807, 2.05) is 30.5 Å². The maximum Gasteiger partial charge on any atom is 0.192 e. The van der Waals surface area contributed by atoms with E-state index in [0.717, 1.165) is 16.5 Å². The van der Waals surface area contributed by atoms with Gasteiger partial charge >= 0.3 is 0 Å². The van der Waals surface area contributed by atoms with Crippen molar-refractivity contribution >= 4 is 40.1 Å². The van der Waals surface area contributed by atoms with Crippen molar-refractivity contribution in [3.8, 4) is 0 Å². The van der Waals surface area contributed by atoms with Gasteiger partial charge in [-0.2, -0.15) is 0 Å². The molecule has 4 rings (SSSR count). The highest BCUT2D eigenvalue weighted by molar-refractivity contribution is 6.28. The van der Waals surface area contributed by atoms with E-state index in [0.29, 0.717) is 5.56 Å². The molecule has 160 valence electrons. The molecule has 0 fully saturated rings. The Morgan fingerprint density at radius 3 is 2.26 bits per heavy atom. The monoisotopic (exact) mass is 439 g/mol. The summed E-state index contributed by atoms with van der Waals surface area (Å²) < 4.78 is 6.47. The largest absolute Gasteiger partial charge is 0.361 e. The van der Waals surface area contributed by atoms with Gasteiger partial charge in [0.1, 0.15) is 0 Å². The van der Waals surface area contributed by atoms with E-state index in [9.17, 15) is 14.4 Å². The van der Waals surface area contributed by atoms with Crippen molar-refractivity contribution in [2.75, 3.05) is 0 Å². The number of ketones is 3. The van der Waals surface area contributed by atoms with Crippen LogP contribution in [0.1, 0.15) is 33.2 Å². The van der Waals surface area contributed by atoms with Crippen LogP contribution in [0.2, 0.25) is 0 Å². The number of halogens is 1. The summed E-state index contributed by atoms with van der Waals surface area (Å²) in [6.45, 7) is 1.53. The number of Topliss-reactive ketones (excluding diaryl/α,β-unsaturated/α-hetero) is 3. The molecule has 0 saturated heterocycles. The number of hydrogen-bond donors (Lipinski definition) is 4. The van der Waals surface area contributed by atoms with Gasteiger partial charge in [0.2, 0.25) is 0 Å². The van der Waals surface area contributed by atoms with Crippen molar-refractivity contribution < 1.29 is 19.0 Å². The Morgan fingerprint density at radius 2 is 1.58 bits per heavy atom. The van der Waals surface area contributed by atoms with Crippen molar-refractivity contribution in [2.24, 2.45) is 11.5 Å². The molecule has 0 spiro atoms. The van der Waals surface area contributed by atoms with Gasteiger partial charge < -0.3 is 16.5 Å². The normalized spacial score (nSPS) is 15.3. The molecule has 1 unspecified atom stereocenters. The molecule has 8 heteroatoms. The SMILES string of the molecule is CC1=C(C(N)C(=O)[C@H](N)Cc2c[nH]c3ccccc23)C(=O)c2ccccc2C1=O.OCl. The highest BCUT2D eigenvalue weighted by atomic mass is 35.5. The summed E-state index contributed by atoms with van der Waals surface area (Å²) in [5.74, 6) is -1.15. The van der Waals surface area contributed by atoms with Crippen LogP contribution < -0.4 is 11.5 Å². The number of nitrogens with two attached hydrogens (primary N) is 2. The van der Waals surface area contributed by atoms with Gasteiger partial charge in [0.15, 0.2) is 17.3 Å². The Morgan fingerprint density at radius 1 is 1.00 bits per heavy atom. The lowest BCUT2D eigenvalue weighted by Gasteiger charge is -2.24. The van der Waals surface area contributed by atoms with Gasteiger partial charge in [-0.3, -0.25) is 19.0 Å². The van der Waals surface area contributed by atoms with Crippen LogP contribution >= 0.6 is 11.9 Å². The third-order valence-corrected chi connectivity index (χ3v) is 5.50. The van der Waals surface area contributed by atoms with Gasteiger partial charge in [-0.15, -0.1) is 0 Å². The molecule has 6 N–H and O–H groups in total. The van der Waals surface area contributed by atoms with Crippen LogP contribution in [0.4, 0.5) is 0 Å². The number of aromatic nitrogens is 1. The first-order chi connectivity index (χ1) is 14.9. The first-order valence-electron chi connectivity index (χ1n) is 9.56. The molecule has 0 radical (unpaired) electrons. The van der Waals surface area contributed by atoms with Gasteiger partial charge in [-0.05, 0) is 25.0 Å². The van der Waals surface area contributed by atoms with Crippen molar-refractivity contribution in [1.82, 2.24) is 4.98 Å². The minimum absolute atomic E-state index is 0.0353. The van der Waals surface area contributed by atoms with Crippen LogP contribution in [0.5, 0.6) is 0 Å². The zero-order valence-corrected chi connectivity index (χ0v) is 17.5. The van der Waals surface area contributed by atoms with Crippen LogP contribution in [0.3, 0.4) is 0 Å². The molecule has 2 aromatic carbocycles. The fraction of sp³-hybridized carbons (Fsp3) is 0.174. The molecule has 0 aliphatic heterocycles. The van der Waals surface area contributed by atoms with Crippen LogP contribution in [-0.2, 0) is 11.2 Å².